The highest BCUT2D eigenvalue weighted by atomic mass is 35.7. The van der Waals surface area contributed by atoms with E-state index in [-0.39, 0.29) is 11.7 Å². The smallest absolute Gasteiger partial charge is 0.232 e. The van der Waals surface area contributed by atoms with Gasteiger partial charge in [-0.3, -0.25) is 0 Å². The predicted octanol–water partition coefficient (Wildman–Crippen LogP) is 4.75. The maximum atomic E-state index is 11.2. The highest BCUT2D eigenvalue weighted by Gasteiger charge is 2.17. The van der Waals surface area contributed by atoms with Gasteiger partial charge in [-0.1, -0.05) is 32.4 Å². The zero-order chi connectivity index (χ0) is 16.2. The van der Waals surface area contributed by atoms with Crippen LogP contribution in [0.3, 0.4) is 0 Å². The molecule has 0 amide bonds. The summed E-state index contributed by atoms with van der Waals surface area (Å²) in [4.78, 5) is 0. The molecular weight excluding hydrogens is 331 g/mol. The average molecular weight is 353 g/mol. The van der Waals surface area contributed by atoms with Crippen LogP contribution in [-0.2, 0) is 9.05 Å². The highest BCUT2D eigenvalue weighted by Crippen LogP contribution is 2.31. The number of ether oxygens (including phenoxy) is 1. The Morgan fingerprint density at radius 1 is 1.29 bits per heavy atom. The summed E-state index contributed by atoms with van der Waals surface area (Å²) in [6.45, 7) is 8.29. The van der Waals surface area contributed by atoms with Gasteiger partial charge in [-0.2, -0.15) is 0 Å². The van der Waals surface area contributed by atoms with Crippen LogP contribution in [-0.4, -0.2) is 20.8 Å². The number of rotatable bonds is 7. The van der Waals surface area contributed by atoms with Gasteiger partial charge in [0.1, 0.15) is 5.75 Å². The van der Waals surface area contributed by atoms with Gasteiger partial charge in [-0.05, 0) is 42.5 Å². The molecule has 0 N–H and O–H groups in total. The molecule has 0 saturated heterocycles. The van der Waals surface area contributed by atoms with Crippen LogP contribution in [0.2, 0.25) is 5.02 Å². The second kappa shape index (κ2) is 7.70. The van der Waals surface area contributed by atoms with Crippen molar-refractivity contribution in [2.24, 2.45) is 5.92 Å². The molecule has 0 aromatic heterocycles. The SMILES string of the molecule is CCC(COc1cc(C(C)C)c(Cl)cc1C)CS(=O)(=O)Cl. The molecule has 1 unspecified atom stereocenters. The fourth-order valence-electron chi connectivity index (χ4n) is 2.04. The number of aryl methyl sites for hydroxylation is 1. The van der Waals surface area contributed by atoms with Crippen LogP contribution in [0.15, 0.2) is 12.1 Å². The molecule has 0 bridgehead atoms. The lowest BCUT2D eigenvalue weighted by atomic mass is 10.0. The normalized spacial score (nSPS) is 13.5. The number of hydrogen-bond donors (Lipinski definition) is 0. The van der Waals surface area contributed by atoms with Gasteiger partial charge in [0.05, 0.1) is 12.4 Å². The summed E-state index contributed by atoms with van der Waals surface area (Å²) in [7, 11) is 1.80. The first-order valence-electron chi connectivity index (χ1n) is 6.99. The standard InChI is InChI=1S/C15H22Cl2O3S/c1-5-12(9-21(17,18)19)8-20-15-7-13(10(2)3)14(16)6-11(15)4/h6-7,10,12H,5,8-9H2,1-4H3. The Kier molecular flexibility index (Phi) is 6.82. The van der Waals surface area contributed by atoms with Crippen LogP contribution >= 0.6 is 22.3 Å². The lowest BCUT2D eigenvalue weighted by Crippen LogP contribution is -2.19. The summed E-state index contributed by atoms with van der Waals surface area (Å²) in [5, 5.41) is 0.727. The molecule has 120 valence electrons. The van der Waals surface area contributed by atoms with Crippen LogP contribution in [0.25, 0.3) is 0 Å². The Bertz CT molecular complexity index is 583. The first kappa shape index (κ1) is 18.6. The van der Waals surface area contributed by atoms with Crippen LogP contribution in [0, 0.1) is 12.8 Å². The maximum absolute atomic E-state index is 11.2. The minimum Gasteiger partial charge on any atom is -0.493 e. The van der Waals surface area contributed by atoms with Gasteiger partial charge in [0.25, 0.3) is 0 Å². The summed E-state index contributed by atoms with van der Waals surface area (Å²) in [6.07, 6.45) is 0.690. The minimum absolute atomic E-state index is 0.0747. The van der Waals surface area contributed by atoms with E-state index in [1.54, 1.807) is 0 Å². The molecule has 0 aliphatic heterocycles. The number of hydrogen-bond acceptors (Lipinski definition) is 3. The van der Waals surface area contributed by atoms with Crippen molar-refractivity contribution in [1.82, 2.24) is 0 Å². The van der Waals surface area contributed by atoms with Crippen molar-refractivity contribution >= 4 is 31.3 Å². The fourth-order valence-corrected chi connectivity index (χ4v) is 3.91. The van der Waals surface area contributed by atoms with Gasteiger partial charge in [-0.25, -0.2) is 8.42 Å². The largest absolute Gasteiger partial charge is 0.493 e. The summed E-state index contributed by atoms with van der Waals surface area (Å²) in [5.41, 5.74) is 1.96. The molecule has 0 aliphatic rings. The van der Waals surface area contributed by atoms with E-state index < -0.39 is 9.05 Å². The average Bonchev–Trinajstić information content (AvgIpc) is 2.34. The van der Waals surface area contributed by atoms with Crippen LogP contribution < -0.4 is 4.74 Å². The fraction of sp³-hybridized carbons (Fsp3) is 0.600. The van der Waals surface area contributed by atoms with Gasteiger partial charge in [0.15, 0.2) is 0 Å². The molecule has 1 aromatic carbocycles. The van der Waals surface area contributed by atoms with Crippen molar-refractivity contribution < 1.29 is 13.2 Å². The molecule has 0 fully saturated rings. The molecule has 21 heavy (non-hydrogen) atoms. The van der Waals surface area contributed by atoms with Gasteiger partial charge in [0.2, 0.25) is 9.05 Å². The van der Waals surface area contributed by atoms with Crippen LogP contribution in [0.5, 0.6) is 5.75 Å². The molecule has 0 heterocycles. The molecule has 1 aromatic rings. The third-order valence-corrected chi connectivity index (χ3v) is 4.98. The lowest BCUT2D eigenvalue weighted by molar-refractivity contribution is 0.256. The zero-order valence-corrected chi connectivity index (χ0v) is 15.1. The number of benzene rings is 1. The first-order chi connectivity index (χ1) is 9.64. The molecule has 3 nitrogen and oxygen atoms in total. The first-order valence-corrected chi connectivity index (χ1v) is 9.84. The minimum atomic E-state index is -3.51. The lowest BCUT2D eigenvalue weighted by Gasteiger charge is -2.18. The van der Waals surface area contributed by atoms with Gasteiger partial charge < -0.3 is 4.74 Å². The van der Waals surface area contributed by atoms with Crippen molar-refractivity contribution in [1.29, 1.82) is 0 Å². The van der Waals surface area contributed by atoms with E-state index >= 15 is 0 Å². The summed E-state index contributed by atoms with van der Waals surface area (Å²) in [5.74, 6) is 0.846. The molecule has 0 radical (unpaired) electrons. The second-order valence-corrected chi connectivity index (χ2v) is 8.81. The molecule has 1 atom stereocenters. The molecule has 0 spiro atoms. The van der Waals surface area contributed by atoms with E-state index in [1.807, 2.05) is 26.0 Å². The van der Waals surface area contributed by atoms with E-state index in [9.17, 15) is 8.42 Å². The topological polar surface area (TPSA) is 43.4 Å². The molecule has 1 rings (SSSR count). The Labute approximate surface area is 137 Å². The highest BCUT2D eigenvalue weighted by molar-refractivity contribution is 8.13. The van der Waals surface area contributed by atoms with Gasteiger partial charge >= 0.3 is 0 Å². The second-order valence-electron chi connectivity index (χ2n) is 5.58. The third kappa shape index (κ3) is 6.05. The monoisotopic (exact) mass is 352 g/mol. The van der Waals surface area contributed by atoms with Crippen molar-refractivity contribution in [3.8, 4) is 5.75 Å². The molecular formula is C15H22Cl2O3S. The summed E-state index contributed by atoms with van der Waals surface area (Å²) >= 11 is 6.22. The van der Waals surface area contributed by atoms with Crippen molar-refractivity contribution in [3.63, 3.8) is 0 Å². The Hall–Kier alpha value is -0.450. The predicted molar refractivity (Wildman–Crippen MR) is 89.2 cm³/mol. The van der Waals surface area contributed by atoms with E-state index in [0.717, 1.165) is 21.9 Å². The van der Waals surface area contributed by atoms with Gasteiger partial charge in [-0.15, -0.1) is 0 Å². The summed E-state index contributed by atoms with van der Waals surface area (Å²) in [6, 6.07) is 3.82. The van der Waals surface area contributed by atoms with Gasteiger partial charge in [0, 0.05) is 21.6 Å². The van der Waals surface area contributed by atoms with Crippen molar-refractivity contribution in [2.75, 3.05) is 12.4 Å². The Morgan fingerprint density at radius 2 is 1.90 bits per heavy atom. The molecule has 0 aliphatic carbocycles. The molecule has 0 saturated carbocycles. The van der Waals surface area contributed by atoms with E-state index in [0.29, 0.717) is 18.9 Å². The zero-order valence-electron chi connectivity index (χ0n) is 12.8. The number of halogens is 2. The quantitative estimate of drug-likeness (QED) is 0.665. The van der Waals surface area contributed by atoms with Crippen LogP contribution in [0.4, 0.5) is 0 Å². The Balaban J connectivity index is 2.85. The summed E-state index contributed by atoms with van der Waals surface area (Å²) < 4.78 is 28.1. The van der Waals surface area contributed by atoms with Crippen molar-refractivity contribution in [3.05, 3.63) is 28.3 Å². The van der Waals surface area contributed by atoms with E-state index in [2.05, 4.69) is 13.8 Å². The van der Waals surface area contributed by atoms with Crippen molar-refractivity contribution in [2.45, 2.75) is 40.0 Å². The third-order valence-electron chi connectivity index (χ3n) is 3.40. The maximum Gasteiger partial charge on any atom is 0.232 e. The van der Waals surface area contributed by atoms with E-state index in [4.69, 9.17) is 27.0 Å². The Morgan fingerprint density at radius 3 is 2.38 bits per heavy atom. The van der Waals surface area contributed by atoms with Crippen LogP contribution in [0.1, 0.15) is 44.2 Å². The molecule has 6 heteroatoms. The van der Waals surface area contributed by atoms with E-state index in [1.165, 1.54) is 0 Å².